The first-order valence-corrected chi connectivity index (χ1v) is 7.98. The SMILES string of the molecule is Cc1ccc(C(CO)S(=O)(=O)c2ccc(C)cc2)cc1. The molecule has 0 saturated heterocycles. The summed E-state index contributed by atoms with van der Waals surface area (Å²) in [6, 6.07) is 13.9. The van der Waals surface area contributed by atoms with Gasteiger partial charge in [0.15, 0.2) is 9.84 Å². The summed E-state index contributed by atoms with van der Waals surface area (Å²) in [6.07, 6.45) is 0. The summed E-state index contributed by atoms with van der Waals surface area (Å²) in [5, 5.41) is 8.60. The van der Waals surface area contributed by atoms with Gasteiger partial charge >= 0.3 is 0 Å². The van der Waals surface area contributed by atoms with Gasteiger partial charge in [0.25, 0.3) is 0 Å². The van der Waals surface area contributed by atoms with E-state index in [9.17, 15) is 13.5 Å². The lowest BCUT2D eigenvalue weighted by atomic mass is 10.1. The molecule has 0 aliphatic rings. The molecule has 2 aromatic rings. The molecule has 0 bridgehead atoms. The van der Waals surface area contributed by atoms with Crippen LogP contribution >= 0.6 is 0 Å². The predicted molar refractivity (Wildman–Crippen MR) is 79.4 cm³/mol. The van der Waals surface area contributed by atoms with Crippen LogP contribution in [0.15, 0.2) is 53.4 Å². The Labute approximate surface area is 119 Å². The molecule has 0 saturated carbocycles. The second-order valence-corrected chi connectivity index (χ2v) is 7.07. The van der Waals surface area contributed by atoms with Crippen LogP contribution in [0.3, 0.4) is 0 Å². The molecule has 0 heterocycles. The molecule has 20 heavy (non-hydrogen) atoms. The molecule has 0 spiro atoms. The third-order valence-electron chi connectivity index (χ3n) is 3.34. The first-order chi connectivity index (χ1) is 9.45. The highest BCUT2D eigenvalue weighted by molar-refractivity contribution is 7.91. The molecule has 0 fully saturated rings. The van der Waals surface area contributed by atoms with Crippen molar-refractivity contribution in [1.29, 1.82) is 0 Å². The fourth-order valence-corrected chi connectivity index (χ4v) is 3.61. The van der Waals surface area contributed by atoms with Crippen LogP contribution in [-0.2, 0) is 9.84 Å². The van der Waals surface area contributed by atoms with Crippen LogP contribution in [0.25, 0.3) is 0 Å². The lowest BCUT2D eigenvalue weighted by molar-refractivity contribution is 0.291. The Bertz CT molecular complexity index is 671. The van der Waals surface area contributed by atoms with Crippen LogP contribution < -0.4 is 0 Å². The summed E-state index contributed by atoms with van der Waals surface area (Å²) < 4.78 is 25.2. The van der Waals surface area contributed by atoms with Crippen molar-refractivity contribution in [3.8, 4) is 0 Å². The standard InChI is InChI=1S/C16H18O3S/c1-12-3-7-14(8-4-12)16(11-17)20(18,19)15-9-5-13(2)6-10-15/h3-10,16-17H,11H2,1-2H3. The average Bonchev–Trinajstić information content (AvgIpc) is 2.42. The molecule has 1 atom stereocenters. The summed E-state index contributed by atoms with van der Waals surface area (Å²) >= 11 is 0. The topological polar surface area (TPSA) is 54.4 Å². The van der Waals surface area contributed by atoms with E-state index in [1.54, 1.807) is 36.4 Å². The van der Waals surface area contributed by atoms with Gasteiger partial charge in [-0.2, -0.15) is 0 Å². The maximum atomic E-state index is 12.6. The highest BCUT2D eigenvalue weighted by Gasteiger charge is 2.28. The Kier molecular flexibility index (Phi) is 4.26. The number of sulfone groups is 1. The first-order valence-electron chi connectivity index (χ1n) is 6.43. The smallest absolute Gasteiger partial charge is 0.187 e. The highest BCUT2D eigenvalue weighted by Crippen LogP contribution is 2.28. The van der Waals surface area contributed by atoms with Crippen LogP contribution in [0, 0.1) is 13.8 Å². The van der Waals surface area contributed by atoms with Crippen molar-refractivity contribution < 1.29 is 13.5 Å². The van der Waals surface area contributed by atoms with Gasteiger partial charge in [-0.25, -0.2) is 8.42 Å². The molecular formula is C16H18O3S. The summed E-state index contributed by atoms with van der Waals surface area (Å²) in [4.78, 5) is 0.239. The van der Waals surface area contributed by atoms with Crippen LogP contribution in [-0.4, -0.2) is 20.1 Å². The van der Waals surface area contributed by atoms with E-state index in [1.807, 2.05) is 26.0 Å². The van der Waals surface area contributed by atoms with E-state index >= 15 is 0 Å². The Hall–Kier alpha value is -1.65. The normalized spacial score (nSPS) is 13.2. The summed E-state index contributed by atoms with van der Waals surface area (Å²) in [5.41, 5.74) is 2.66. The molecule has 3 nitrogen and oxygen atoms in total. The fourth-order valence-electron chi connectivity index (χ4n) is 2.06. The quantitative estimate of drug-likeness (QED) is 0.942. The van der Waals surface area contributed by atoms with E-state index in [1.165, 1.54) is 0 Å². The van der Waals surface area contributed by atoms with Crippen LogP contribution in [0.1, 0.15) is 21.9 Å². The van der Waals surface area contributed by atoms with Gasteiger partial charge in [0.1, 0.15) is 5.25 Å². The molecule has 0 radical (unpaired) electrons. The van der Waals surface area contributed by atoms with Crippen molar-refractivity contribution in [2.45, 2.75) is 24.0 Å². The molecule has 1 N–H and O–H groups in total. The highest BCUT2D eigenvalue weighted by atomic mass is 32.2. The molecule has 4 heteroatoms. The van der Waals surface area contributed by atoms with E-state index in [4.69, 9.17) is 0 Å². The number of benzene rings is 2. The number of aryl methyl sites for hydroxylation is 2. The third-order valence-corrected chi connectivity index (χ3v) is 5.44. The van der Waals surface area contributed by atoms with Crippen molar-refractivity contribution in [3.05, 3.63) is 65.2 Å². The van der Waals surface area contributed by atoms with Crippen LogP contribution in [0.5, 0.6) is 0 Å². The summed E-state index contributed by atoms with van der Waals surface area (Å²) in [6.45, 7) is 3.41. The number of rotatable bonds is 4. The van der Waals surface area contributed by atoms with Crippen molar-refractivity contribution in [1.82, 2.24) is 0 Å². The van der Waals surface area contributed by atoms with E-state index in [2.05, 4.69) is 0 Å². The zero-order chi connectivity index (χ0) is 14.8. The maximum Gasteiger partial charge on any atom is 0.187 e. The van der Waals surface area contributed by atoms with Gasteiger partial charge in [-0.1, -0.05) is 47.5 Å². The van der Waals surface area contributed by atoms with Crippen LogP contribution in [0.2, 0.25) is 0 Å². The van der Waals surface area contributed by atoms with E-state index in [0.29, 0.717) is 5.56 Å². The van der Waals surface area contributed by atoms with Crippen molar-refractivity contribution >= 4 is 9.84 Å². The minimum Gasteiger partial charge on any atom is -0.395 e. The molecule has 0 aliphatic carbocycles. The monoisotopic (exact) mass is 290 g/mol. The number of aliphatic hydroxyl groups excluding tert-OH is 1. The van der Waals surface area contributed by atoms with Gasteiger partial charge in [0.05, 0.1) is 11.5 Å². The molecule has 0 aliphatic heterocycles. The minimum absolute atomic E-state index is 0.239. The van der Waals surface area contributed by atoms with Gasteiger partial charge in [0, 0.05) is 0 Å². The molecule has 2 rings (SSSR count). The lowest BCUT2D eigenvalue weighted by Crippen LogP contribution is -2.17. The van der Waals surface area contributed by atoms with Crippen LogP contribution in [0.4, 0.5) is 0 Å². The van der Waals surface area contributed by atoms with E-state index in [-0.39, 0.29) is 4.90 Å². The number of hydrogen-bond donors (Lipinski definition) is 1. The summed E-state index contributed by atoms with van der Waals surface area (Å²) in [5.74, 6) is 0. The van der Waals surface area contributed by atoms with Gasteiger partial charge in [-0.15, -0.1) is 0 Å². The van der Waals surface area contributed by atoms with E-state index < -0.39 is 21.7 Å². The zero-order valence-electron chi connectivity index (χ0n) is 11.6. The van der Waals surface area contributed by atoms with Crippen molar-refractivity contribution in [2.24, 2.45) is 0 Å². The Morgan fingerprint density at radius 1 is 0.900 bits per heavy atom. The summed E-state index contributed by atoms with van der Waals surface area (Å²) in [7, 11) is -3.58. The second kappa shape index (κ2) is 5.77. The number of aliphatic hydroxyl groups is 1. The lowest BCUT2D eigenvalue weighted by Gasteiger charge is -2.16. The average molecular weight is 290 g/mol. The second-order valence-electron chi connectivity index (χ2n) is 4.94. The molecule has 1 unspecified atom stereocenters. The Balaban J connectivity index is 2.44. The van der Waals surface area contributed by atoms with Gasteiger partial charge in [-0.05, 0) is 31.5 Å². The largest absolute Gasteiger partial charge is 0.395 e. The van der Waals surface area contributed by atoms with E-state index in [0.717, 1.165) is 11.1 Å². The Morgan fingerprint density at radius 2 is 1.35 bits per heavy atom. The molecule has 0 aromatic heterocycles. The molecule has 2 aromatic carbocycles. The molecular weight excluding hydrogens is 272 g/mol. The maximum absolute atomic E-state index is 12.6. The molecule has 0 amide bonds. The third kappa shape index (κ3) is 2.92. The van der Waals surface area contributed by atoms with Crippen molar-refractivity contribution in [3.63, 3.8) is 0 Å². The minimum atomic E-state index is -3.58. The Morgan fingerprint density at radius 3 is 1.80 bits per heavy atom. The van der Waals surface area contributed by atoms with Gasteiger partial charge in [-0.3, -0.25) is 0 Å². The molecule has 106 valence electrons. The van der Waals surface area contributed by atoms with Gasteiger partial charge < -0.3 is 5.11 Å². The predicted octanol–water partition coefficient (Wildman–Crippen LogP) is 2.81. The first kappa shape index (κ1) is 14.8. The van der Waals surface area contributed by atoms with Crippen molar-refractivity contribution in [2.75, 3.05) is 6.61 Å². The number of hydrogen-bond acceptors (Lipinski definition) is 3. The van der Waals surface area contributed by atoms with Gasteiger partial charge in [0.2, 0.25) is 0 Å². The fraction of sp³-hybridized carbons (Fsp3) is 0.250. The zero-order valence-corrected chi connectivity index (χ0v) is 12.4.